The molecule has 0 radical (unpaired) electrons. The standard InChI is InChI=1S/C36H58O11/c1-18-9-12-36(30(44)47-29-26(42)25(41)24(40)21(16-37)46-29)14-13-33(4)19(27(36)35(18,6)45)7-8-23-31(2)15-20(39)28(43)32(3,17-38)22(31)10-11-34(23,33)5/h7,18,20-29,37-43,45H,8-17H2,1-6H3/t18-,20-,21-,22-,23-,24-,25+,26-,27+,28+,29+,31+,32+,33-,34-,35-,36+/m1/s1. The number of aliphatic hydroxyl groups excluding tert-OH is 7. The molecule has 4 saturated carbocycles. The van der Waals surface area contributed by atoms with Crippen LogP contribution >= 0.6 is 0 Å². The van der Waals surface area contributed by atoms with Gasteiger partial charge in [0.1, 0.15) is 24.4 Å². The van der Waals surface area contributed by atoms with Crippen LogP contribution in [-0.2, 0) is 14.3 Å². The van der Waals surface area contributed by atoms with Crippen molar-refractivity contribution in [1.82, 2.24) is 0 Å². The molecule has 17 atom stereocenters. The van der Waals surface area contributed by atoms with Crippen LogP contribution in [-0.4, -0.2) is 109 Å². The van der Waals surface area contributed by atoms with E-state index in [0.717, 1.165) is 18.4 Å². The SMILES string of the molecule is C[C@@H]1CC[C@]2(C(=O)O[C@@H]3O[C@H](CO)[C@@H](O)[C@H](O)[C@H]3O)CC[C@]3(C)C(=CC[C@@H]4[C@@]5(C)C[C@@H](O)[C@H](O)[C@@](C)(CO)[C@@H]5CC[C@]43C)[C@H]2[C@]1(C)O. The molecular formula is C36H58O11. The van der Waals surface area contributed by atoms with Gasteiger partial charge in [-0.3, -0.25) is 4.79 Å². The first-order valence-electron chi connectivity index (χ1n) is 17.7. The van der Waals surface area contributed by atoms with E-state index in [-0.39, 0.29) is 35.2 Å². The number of rotatable bonds is 4. The van der Waals surface area contributed by atoms with Crippen LogP contribution in [0.15, 0.2) is 11.6 Å². The van der Waals surface area contributed by atoms with Gasteiger partial charge in [-0.25, -0.2) is 0 Å². The van der Waals surface area contributed by atoms with Crippen molar-refractivity contribution >= 4 is 5.97 Å². The van der Waals surface area contributed by atoms with E-state index in [4.69, 9.17) is 9.47 Å². The fraction of sp³-hybridized carbons (Fsp3) is 0.917. The molecule has 5 aliphatic carbocycles. The van der Waals surface area contributed by atoms with Crippen LogP contribution in [0.3, 0.4) is 0 Å². The van der Waals surface area contributed by atoms with E-state index in [1.807, 2.05) is 20.8 Å². The molecule has 0 bridgehead atoms. The Bertz CT molecular complexity index is 1270. The van der Waals surface area contributed by atoms with Gasteiger partial charge in [0.05, 0.1) is 36.4 Å². The van der Waals surface area contributed by atoms with Gasteiger partial charge in [-0.1, -0.05) is 46.3 Å². The number of esters is 1. The van der Waals surface area contributed by atoms with Gasteiger partial charge in [-0.15, -0.1) is 0 Å². The highest BCUT2D eigenvalue weighted by atomic mass is 16.7. The Kier molecular flexibility index (Phi) is 8.68. The van der Waals surface area contributed by atoms with Crippen molar-refractivity contribution in [2.75, 3.05) is 13.2 Å². The number of carbonyl (C=O) groups excluding carboxylic acids is 1. The van der Waals surface area contributed by atoms with Crippen molar-refractivity contribution in [2.24, 2.45) is 50.7 Å². The van der Waals surface area contributed by atoms with Crippen molar-refractivity contribution < 1.29 is 55.1 Å². The normalized spacial score (nSPS) is 57.5. The predicted octanol–water partition coefficient (Wildman–Crippen LogP) is 1.41. The number of allylic oxidation sites excluding steroid dienone is 1. The number of aliphatic hydroxyl groups is 8. The van der Waals surface area contributed by atoms with Gasteiger partial charge in [0.15, 0.2) is 0 Å². The summed E-state index contributed by atoms with van der Waals surface area (Å²) in [5.74, 6) is -1.23. The summed E-state index contributed by atoms with van der Waals surface area (Å²) in [5, 5.41) is 86.2. The minimum atomic E-state index is -1.72. The second kappa shape index (κ2) is 11.4. The molecule has 0 spiro atoms. The van der Waals surface area contributed by atoms with E-state index in [0.29, 0.717) is 38.5 Å². The zero-order valence-electron chi connectivity index (χ0n) is 28.8. The van der Waals surface area contributed by atoms with Gasteiger partial charge in [0, 0.05) is 11.3 Å². The van der Waals surface area contributed by atoms with E-state index in [1.165, 1.54) is 0 Å². The first kappa shape index (κ1) is 35.7. The lowest BCUT2D eigenvalue weighted by molar-refractivity contribution is -0.299. The lowest BCUT2D eigenvalue weighted by Gasteiger charge is -2.72. The molecule has 0 aromatic rings. The Labute approximate surface area is 278 Å². The highest BCUT2D eigenvalue weighted by Gasteiger charge is 2.72. The van der Waals surface area contributed by atoms with E-state index in [1.54, 1.807) is 0 Å². The van der Waals surface area contributed by atoms with Gasteiger partial charge in [-0.05, 0) is 92.3 Å². The fourth-order valence-electron chi connectivity index (χ4n) is 12.4. The second-order valence-corrected chi connectivity index (χ2v) is 17.5. The monoisotopic (exact) mass is 666 g/mol. The fourth-order valence-corrected chi connectivity index (χ4v) is 12.4. The Morgan fingerprint density at radius 3 is 2.23 bits per heavy atom. The van der Waals surface area contributed by atoms with Gasteiger partial charge >= 0.3 is 5.97 Å². The predicted molar refractivity (Wildman–Crippen MR) is 169 cm³/mol. The Morgan fingerprint density at radius 2 is 1.60 bits per heavy atom. The summed E-state index contributed by atoms with van der Waals surface area (Å²) in [6.07, 6.45) is -2.75. The third kappa shape index (κ3) is 4.60. The Hall–Kier alpha value is -1.15. The maximum Gasteiger partial charge on any atom is 0.315 e. The molecule has 5 fully saturated rings. The van der Waals surface area contributed by atoms with Crippen LogP contribution in [0.25, 0.3) is 0 Å². The molecule has 0 aromatic carbocycles. The van der Waals surface area contributed by atoms with Crippen molar-refractivity contribution in [1.29, 1.82) is 0 Å². The van der Waals surface area contributed by atoms with Gasteiger partial charge < -0.3 is 50.3 Å². The molecule has 0 aromatic heterocycles. The van der Waals surface area contributed by atoms with Crippen LogP contribution in [0.2, 0.25) is 0 Å². The maximum absolute atomic E-state index is 14.5. The number of ether oxygens (including phenoxy) is 2. The molecule has 8 N–H and O–H groups in total. The topological polar surface area (TPSA) is 197 Å². The summed E-state index contributed by atoms with van der Waals surface area (Å²) in [4.78, 5) is 14.5. The van der Waals surface area contributed by atoms with Crippen LogP contribution in [0.4, 0.5) is 0 Å². The molecule has 6 rings (SSSR count). The van der Waals surface area contributed by atoms with E-state index < -0.39 is 83.3 Å². The van der Waals surface area contributed by atoms with Crippen LogP contribution in [0.1, 0.15) is 92.9 Å². The third-order valence-electron chi connectivity index (χ3n) is 15.6. The Balaban J connectivity index is 1.40. The van der Waals surface area contributed by atoms with E-state index >= 15 is 0 Å². The first-order chi connectivity index (χ1) is 21.8. The average molecular weight is 667 g/mol. The van der Waals surface area contributed by atoms with Crippen LogP contribution in [0, 0.1) is 50.7 Å². The van der Waals surface area contributed by atoms with Gasteiger partial charge in [0.25, 0.3) is 0 Å². The molecule has 6 aliphatic rings. The lowest BCUT2D eigenvalue weighted by atomic mass is 9.33. The molecule has 0 unspecified atom stereocenters. The zero-order chi connectivity index (χ0) is 34.7. The van der Waals surface area contributed by atoms with Gasteiger partial charge in [0.2, 0.25) is 6.29 Å². The number of carbonyl (C=O) groups is 1. The second-order valence-electron chi connectivity index (χ2n) is 17.5. The number of fused-ring (bicyclic) bond motifs is 7. The molecule has 11 heteroatoms. The van der Waals surface area contributed by atoms with Crippen LogP contribution < -0.4 is 0 Å². The summed E-state index contributed by atoms with van der Waals surface area (Å²) >= 11 is 0. The molecule has 268 valence electrons. The minimum absolute atomic E-state index is 0.00373. The van der Waals surface area contributed by atoms with E-state index in [2.05, 4.69) is 26.8 Å². The quantitative estimate of drug-likeness (QED) is 0.160. The highest BCUT2D eigenvalue weighted by Crippen LogP contribution is 2.76. The number of hydrogen-bond acceptors (Lipinski definition) is 11. The highest BCUT2D eigenvalue weighted by molar-refractivity contribution is 5.79. The summed E-state index contributed by atoms with van der Waals surface area (Å²) in [6, 6.07) is 0. The van der Waals surface area contributed by atoms with Crippen molar-refractivity contribution in [3.63, 3.8) is 0 Å². The minimum Gasteiger partial charge on any atom is -0.432 e. The molecule has 0 amide bonds. The molecule has 1 saturated heterocycles. The third-order valence-corrected chi connectivity index (χ3v) is 15.6. The maximum atomic E-state index is 14.5. The van der Waals surface area contributed by atoms with Crippen molar-refractivity contribution in [3.05, 3.63) is 11.6 Å². The molecular weight excluding hydrogens is 608 g/mol. The first-order valence-corrected chi connectivity index (χ1v) is 17.7. The summed E-state index contributed by atoms with van der Waals surface area (Å²) < 4.78 is 11.4. The smallest absolute Gasteiger partial charge is 0.315 e. The van der Waals surface area contributed by atoms with Gasteiger partial charge in [-0.2, -0.15) is 0 Å². The molecule has 1 heterocycles. The summed E-state index contributed by atoms with van der Waals surface area (Å²) in [5.41, 5.74) is -3.27. The molecule has 1 aliphatic heterocycles. The Morgan fingerprint density at radius 1 is 0.915 bits per heavy atom. The lowest BCUT2D eigenvalue weighted by Crippen LogP contribution is -2.69. The van der Waals surface area contributed by atoms with Crippen molar-refractivity contribution in [2.45, 2.75) is 141 Å². The van der Waals surface area contributed by atoms with Crippen LogP contribution in [0.5, 0.6) is 0 Å². The molecule has 11 nitrogen and oxygen atoms in total. The summed E-state index contributed by atoms with van der Waals surface area (Å²) in [6.45, 7) is 11.6. The number of hydrogen-bond donors (Lipinski definition) is 8. The largest absolute Gasteiger partial charge is 0.432 e. The zero-order valence-corrected chi connectivity index (χ0v) is 28.8. The average Bonchev–Trinajstić information content (AvgIpc) is 3.02. The summed E-state index contributed by atoms with van der Waals surface area (Å²) in [7, 11) is 0. The molecule has 47 heavy (non-hydrogen) atoms. The van der Waals surface area contributed by atoms with Crippen molar-refractivity contribution in [3.8, 4) is 0 Å². The van der Waals surface area contributed by atoms with E-state index in [9.17, 15) is 45.6 Å².